The number of H-pyrrole nitrogens is 2. The number of nitrogens with one attached hydrogen (secondary N) is 3. The van der Waals surface area contributed by atoms with E-state index in [1.165, 1.54) is 6.07 Å². The lowest BCUT2D eigenvalue weighted by Gasteiger charge is -2.06. The average molecular weight is 465 g/mol. The summed E-state index contributed by atoms with van der Waals surface area (Å²) in [6.07, 6.45) is 8.76. The average Bonchev–Trinajstić information content (AvgIpc) is 3.52. The van der Waals surface area contributed by atoms with Crippen LogP contribution in [0.3, 0.4) is 0 Å². The minimum absolute atomic E-state index is 0.253. The van der Waals surface area contributed by atoms with Gasteiger partial charge in [0.2, 0.25) is 0 Å². The Bertz CT molecular complexity index is 1660. The summed E-state index contributed by atoms with van der Waals surface area (Å²) in [5, 5.41) is 11.1. The molecule has 1 aromatic carbocycles. The summed E-state index contributed by atoms with van der Waals surface area (Å²) in [4.78, 5) is 20.9. The van der Waals surface area contributed by atoms with Crippen LogP contribution in [0.15, 0.2) is 67.4 Å². The second-order valence-corrected chi connectivity index (χ2v) is 8.19. The molecule has 0 fully saturated rings. The molecular weight excluding hydrogens is 443 g/mol. The maximum absolute atomic E-state index is 15.1. The van der Waals surface area contributed by atoms with Gasteiger partial charge in [0.15, 0.2) is 17.3 Å². The normalized spacial score (nSPS) is 11.5. The van der Waals surface area contributed by atoms with E-state index >= 15 is 4.39 Å². The van der Waals surface area contributed by atoms with Crippen LogP contribution in [-0.4, -0.2) is 41.7 Å². The van der Waals surface area contributed by atoms with Gasteiger partial charge in [0.05, 0.1) is 5.52 Å². The first kappa shape index (κ1) is 21.1. The molecular formula is C26H21FN8. The Morgan fingerprint density at radius 2 is 1.83 bits per heavy atom. The molecule has 0 amide bonds. The molecule has 0 aliphatic rings. The maximum atomic E-state index is 15.1. The monoisotopic (exact) mass is 464 g/mol. The molecule has 9 heteroatoms. The molecule has 6 aromatic rings. The molecule has 0 unspecified atom stereocenters. The molecule has 5 aromatic heterocycles. The van der Waals surface area contributed by atoms with Gasteiger partial charge in [0.25, 0.3) is 0 Å². The summed E-state index contributed by atoms with van der Waals surface area (Å²) in [5.41, 5.74) is 6.73. The summed E-state index contributed by atoms with van der Waals surface area (Å²) >= 11 is 0. The highest BCUT2D eigenvalue weighted by atomic mass is 19.1. The van der Waals surface area contributed by atoms with Crippen molar-refractivity contribution >= 4 is 22.1 Å². The SMILES string of the molecule is CCNCc1cncc(-c2cc(F)c3n[nH]c(-c4nc5nccc(-c6ccncc6)c5[nH]4)c3c2)c1. The topological polar surface area (TPSA) is 108 Å². The van der Waals surface area contributed by atoms with Crippen molar-refractivity contribution in [2.75, 3.05) is 6.54 Å². The minimum atomic E-state index is -0.413. The van der Waals surface area contributed by atoms with Crippen LogP contribution in [0.4, 0.5) is 4.39 Å². The summed E-state index contributed by atoms with van der Waals surface area (Å²) in [5.74, 6) is 0.121. The number of hydrogen-bond acceptors (Lipinski definition) is 6. The molecule has 0 saturated carbocycles. The minimum Gasteiger partial charge on any atom is -0.335 e. The third-order valence-corrected chi connectivity index (χ3v) is 5.94. The number of rotatable bonds is 6. The predicted molar refractivity (Wildman–Crippen MR) is 133 cm³/mol. The van der Waals surface area contributed by atoms with E-state index in [2.05, 4.69) is 47.4 Å². The molecule has 0 aliphatic carbocycles. The Labute approximate surface area is 199 Å². The van der Waals surface area contributed by atoms with Gasteiger partial charge in [-0.3, -0.25) is 15.1 Å². The molecule has 35 heavy (non-hydrogen) atoms. The van der Waals surface area contributed by atoms with Crippen LogP contribution in [0, 0.1) is 5.82 Å². The highest BCUT2D eigenvalue weighted by Crippen LogP contribution is 2.33. The van der Waals surface area contributed by atoms with Gasteiger partial charge in [-0.15, -0.1) is 0 Å². The largest absolute Gasteiger partial charge is 0.335 e. The summed E-state index contributed by atoms with van der Waals surface area (Å²) in [6.45, 7) is 3.61. The van der Waals surface area contributed by atoms with Crippen LogP contribution in [0.1, 0.15) is 12.5 Å². The van der Waals surface area contributed by atoms with Crippen molar-refractivity contribution in [1.82, 2.24) is 40.4 Å². The van der Waals surface area contributed by atoms with Crippen LogP contribution >= 0.6 is 0 Å². The van der Waals surface area contributed by atoms with Crippen molar-refractivity contribution in [1.29, 1.82) is 0 Å². The van der Waals surface area contributed by atoms with Gasteiger partial charge in [-0.2, -0.15) is 5.10 Å². The number of fused-ring (bicyclic) bond motifs is 2. The lowest BCUT2D eigenvalue weighted by Crippen LogP contribution is -2.11. The molecule has 0 radical (unpaired) electrons. The Balaban J connectivity index is 1.47. The molecule has 0 bridgehead atoms. The zero-order valence-electron chi connectivity index (χ0n) is 18.9. The van der Waals surface area contributed by atoms with E-state index in [9.17, 15) is 0 Å². The number of pyridine rings is 3. The third-order valence-electron chi connectivity index (χ3n) is 5.94. The highest BCUT2D eigenvalue weighted by molar-refractivity contribution is 5.97. The third kappa shape index (κ3) is 3.81. The second-order valence-electron chi connectivity index (χ2n) is 8.19. The van der Waals surface area contributed by atoms with E-state index in [1.54, 1.807) is 24.8 Å². The number of halogens is 1. The second kappa shape index (κ2) is 8.69. The molecule has 6 rings (SSSR count). The first-order valence-electron chi connectivity index (χ1n) is 11.3. The van der Waals surface area contributed by atoms with Crippen molar-refractivity contribution in [3.8, 4) is 33.8 Å². The van der Waals surface area contributed by atoms with Crippen molar-refractivity contribution < 1.29 is 4.39 Å². The quantitative estimate of drug-likeness (QED) is 0.324. The summed E-state index contributed by atoms with van der Waals surface area (Å²) in [7, 11) is 0. The number of aromatic amines is 2. The van der Waals surface area contributed by atoms with E-state index in [-0.39, 0.29) is 5.52 Å². The Hall–Kier alpha value is -4.50. The number of nitrogens with zero attached hydrogens (tertiary/aromatic N) is 5. The van der Waals surface area contributed by atoms with Crippen molar-refractivity contribution in [3.63, 3.8) is 0 Å². The Morgan fingerprint density at radius 1 is 0.943 bits per heavy atom. The zero-order chi connectivity index (χ0) is 23.8. The molecule has 0 atom stereocenters. The highest BCUT2D eigenvalue weighted by Gasteiger charge is 2.18. The number of benzene rings is 1. The van der Waals surface area contributed by atoms with Crippen LogP contribution in [0.5, 0.6) is 0 Å². The fraction of sp³-hybridized carbons (Fsp3) is 0.115. The molecule has 172 valence electrons. The van der Waals surface area contributed by atoms with E-state index in [0.29, 0.717) is 29.1 Å². The number of imidazole rings is 1. The van der Waals surface area contributed by atoms with Crippen molar-refractivity contribution in [2.24, 2.45) is 0 Å². The van der Waals surface area contributed by atoms with Crippen LogP contribution in [0.25, 0.3) is 55.8 Å². The Morgan fingerprint density at radius 3 is 2.69 bits per heavy atom. The van der Waals surface area contributed by atoms with E-state index in [1.807, 2.05) is 36.5 Å². The zero-order valence-corrected chi connectivity index (χ0v) is 18.9. The van der Waals surface area contributed by atoms with Gasteiger partial charge in [-0.05, 0) is 59.6 Å². The first-order chi connectivity index (χ1) is 17.2. The lowest BCUT2D eigenvalue weighted by molar-refractivity contribution is 0.636. The van der Waals surface area contributed by atoms with E-state index < -0.39 is 5.82 Å². The fourth-order valence-corrected chi connectivity index (χ4v) is 4.24. The molecule has 0 aliphatic heterocycles. The van der Waals surface area contributed by atoms with E-state index in [0.717, 1.165) is 39.9 Å². The molecule has 0 saturated heterocycles. The molecule has 0 spiro atoms. The Kier molecular flexibility index (Phi) is 5.23. The van der Waals surface area contributed by atoms with Crippen LogP contribution in [-0.2, 0) is 6.54 Å². The number of hydrogen-bond donors (Lipinski definition) is 3. The summed E-state index contributed by atoms with van der Waals surface area (Å²) in [6, 6.07) is 11.2. The standard InChI is InChI=1S/C26H21FN8/c1-2-28-12-15-9-18(14-30-13-15)17-10-20-22(21(27)11-17)34-35-24(20)26-32-23-19(5-8-31-25(23)33-26)16-3-6-29-7-4-16/h3-11,13-14,28H,2,12H2,1H3,(H,34,35)(H,31,32,33). The molecule has 3 N–H and O–H groups in total. The maximum Gasteiger partial charge on any atom is 0.178 e. The molecule has 5 heterocycles. The van der Waals surface area contributed by atoms with E-state index in [4.69, 9.17) is 0 Å². The lowest BCUT2D eigenvalue weighted by atomic mass is 10.0. The van der Waals surface area contributed by atoms with Gasteiger partial charge >= 0.3 is 0 Å². The van der Waals surface area contributed by atoms with Gasteiger partial charge in [-0.1, -0.05) is 6.92 Å². The van der Waals surface area contributed by atoms with Crippen LogP contribution in [0.2, 0.25) is 0 Å². The van der Waals surface area contributed by atoms with Gasteiger partial charge in [-0.25, -0.2) is 14.4 Å². The first-order valence-corrected chi connectivity index (χ1v) is 11.3. The number of aromatic nitrogens is 7. The summed E-state index contributed by atoms with van der Waals surface area (Å²) < 4.78 is 15.1. The molecule has 8 nitrogen and oxygen atoms in total. The van der Waals surface area contributed by atoms with Crippen molar-refractivity contribution in [3.05, 3.63) is 78.8 Å². The van der Waals surface area contributed by atoms with Gasteiger partial charge < -0.3 is 10.3 Å². The van der Waals surface area contributed by atoms with Gasteiger partial charge in [0.1, 0.15) is 11.2 Å². The van der Waals surface area contributed by atoms with Gasteiger partial charge in [0, 0.05) is 54.0 Å². The predicted octanol–water partition coefficient (Wildman–Crippen LogP) is 4.87. The fourth-order valence-electron chi connectivity index (χ4n) is 4.24. The smallest absolute Gasteiger partial charge is 0.178 e. The van der Waals surface area contributed by atoms with Crippen molar-refractivity contribution in [2.45, 2.75) is 13.5 Å². The van der Waals surface area contributed by atoms with Crippen LogP contribution < -0.4 is 5.32 Å².